The molecule has 1 aliphatic rings. The van der Waals surface area contributed by atoms with Gasteiger partial charge in [-0.2, -0.15) is 0 Å². The van der Waals surface area contributed by atoms with Gasteiger partial charge in [-0.1, -0.05) is 64.4 Å². The van der Waals surface area contributed by atoms with Crippen molar-refractivity contribution in [1.29, 1.82) is 0 Å². The Labute approximate surface area is 71.8 Å². The molecule has 1 fully saturated rings. The molecule has 0 aromatic rings. The molecule has 1 aliphatic carbocycles. The van der Waals surface area contributed by atoms with Crippen LogP contribution in [-0.2, 0) is 0 Å². The van der Waals surface area contributed by atoms with Gasteiger partial charge >= 0.3 is 0 Å². The Bertz CT molecular complexity index is 95.0. The molecule has 0 amide bonds. The van der Waals surface area contributed by atoms with E-state index in [9.17, 15) is 0 Å². The third-order valence-corrected chi connectivity index (χ3v) is 3.20. The van der Waals surface area contributed by atoms with E-state index in [1.54, 1.807) is 0 Å². The van der Waals surface area contributed by atoms with Crippen molar-refractivity contribution in [1.82, 2.24) is 0 Å². The summed E-state index contributed by atoms with van der Waals surface area (Å²) in [5.41, 5.74) is 0. The zero-order valence-corrected chi connectivity index (χ0v) is 8.10. The maximum Gasteiger partial charge on any atom is 0.139 e. The van der Waals surface area contributed by atoms with Crippen molar-refractivity contribution >= 4 is 6.71 Å². The lowest BCUT2D eigenvalue weighted by molar-refractivity contribution is 0.495. The van der Waals surface area contributed by atoms with E-state index in [-0.39, 0.29) is 0 Å². The summed E-state index contributed by atoms with van der Waals surface area (Å²) in [4.78, 5) is 0. The SMILES string of the molecule is CCCB(C)C1CCCCC1. The standard InChI is InChI=1S/C10H21B/c1-3-9-11(2)10-7-5-4-6-8-10/h10H,3-9H2,1-2H3. The second-order valence-electron chi connectivity index (χ2n) is 4.16. The lowest BCUT2D eigenvalue weighted by atomic mass is 9.38. The summed E-state index contributed by atoms with van der Waals surface area (Å²) in [5, 5.41) is 0. The van der Waals surface area contributed by atoms with Crippen LogP contribution in [0.3, 0.4) is 0 Å². The summed E-state index contributed by atoms with van der Waals surface area (Å²) in [6.45, 7) is 5.75. The zero-order valence-electron chi connectivity index (χ0n) is 8.10. The van der Waals surface area contributed by atoms with Crippen LogP contribution in [0.2, 0.25) is 19.0 Å². The van der Waals surface area contributed by atoms with E-state index in [1.165, 1.54) is 44.8 Å². The highest BCUT2D eigenvalue weighted by atomic mass is 14.1. The summed E-state index contributed by atoms with van der Waals surface area (Å²) in [5.74, 6) is 1.07. The topological polar surface area (TPSA) is 0 Å². The second kappa shape index (κ2) is 4.85. The highest BCUT2D eigenvalue weighted by molar-refractivity contribution is 6.58. The van der Waals surface area contributed by atoms with E-state index in [1.807, 2.05) is 0 Å². The Morgan fingerprint density at radius 2 is 1.82 bits per heavy atom. The molecule has 0 aromatic carbocycles. The van der Waals surface area contributed by atoms with E-state index in [0.29, 0.717) is 0 Å². The fraction of sp³-hybridized carbons (Fsp3) is 1.00. The molecule has 0 bridgehead atoms. The molecule has 1 saturated carbocycles. The van der Waals surface area contributed by atoms with Crippen LogP contribution in [0.25, 0.3) is 0 Å². The van der Waals surface area contributed by atoms with Gasteiger partial charge in [-0.25, -0.2) is 0 Å². The van der Waals surface area contributed by atoms with E-state index in [4.69, 9.17) is 0 Å². The predicted octanol–water partition coefficient (Wildman–Crippen LogP) is 3.86. The van der Waals surface area contributed by atoms with Gasteiger partial charge < -0.3 is 0 Å². The van der Waals surface area contributed by atoms with Crippen LogP contribution in [-0.4, -0.2) is 6.71 Å². The van der Waals surface area contributed by atoms with Gasteiger partial charge in [0.1, 0.15) is 6.71 Å². The quantitative estimate of drug-likeness (QED) is 0.538. The fourth-order valence-corrected chi connectivity index (χ4v) is 2.39. The maximum atomic E-state index is 2.44. The monoisotopic (exact) mass is 152 g/mol. The molecular formula is C10H21B. The first kappa shape index (κ1) is 9.16. The lowest BCUT2D eigenvalue weighted by Crippen LogP contribution is -2.18. The molecule has 0 N–H and O–H groups in total. The van der Waals surface area contributed by atoms with Crippen molar-refractivity contribution in [2.24, 2.45) is 0 Å². The minimum absolute atomic E-state index is 1.00. The molecule has 0 spiro atoms. The molecule has 1 heteroatoms. The molecular weight excluding hydrogens is 131 g/mol. The highest BCUT2D eigenvalue weighted by Crippen LogP contribution is 2.32. The second-order valence-corrected chi connectivity index (χ2v) is 4.16. The Balaban J connectivity index is 2.21. The van der Waals surface area contributed by atoms with Gasteiger partial charge in [0, 0.05) is 0 Å². The van der Waals surface area contributed by atoms with Crippen LogP contribution in [0.15, 0.2) is 0 Å². The Hall–Kier alpha value is 0.0649. The van der Waals surface area contributed by atoms with Gasteiger partial charge in [0.2, 0.25) is 0 Å². The third kappa shape index (κ3) is 2.88. The van der Waals surface area contributed by atoms with Gasteiger partial charge in [0.15, 0.2) is 0 Å². The average Bonchev–Trinajstić information content (AvgIpc) is 2.07. The van der Waals surface area contributed by atoms with Crippen LogP contribution in [0.5, 0.6) is 0 Å². The van der Waals surface area contributed by atoms with Crippen LogP contribution in [0, 0.1) is 0 Å². The third-order valence-electron chi connectivity index (χ3n) is 3.20. The van der Waals surface area contributed by atoms with Crippen molar-refractivity contribution in [3.05, 3.63) is 0 Å². The largest absolute Gasteiger partial charge is 0.139 e. The summed E-state index contributed by atoms with van der Waals surface area (Å²) >= 11 is 0. The molecule has 0 aromatic heterocycles. The smallest absolute Gasteiger partial charge is 0.0859 e. The van der Waals surface area contributed by atoms with Crippen molar-refractivity contribution in [2.75, 3.05) is 0 Å². The normalized spacial score (nSPS) is 20.2. The summed E-state index contributed by atoms with van der Waals surface area (Å²) in [6, 6.07) is 0. The summed E-state index contributed by atoms with van der Waals surface area (Å²) in [7, 11) is 0. The zero-order chi connectivity index (χ0) is 8.10. The van der Waals surface area contributed by atoms with Gasteiger partial charge in [-0.05, 0) is 0 Å². The maximum absolute atomic E-state index is 2.44. The Morgan fingerprint density at radius 1 is 1.18 bits per heavy atom. The first-order chi connectivity index (χ1) is 5.34. The number of hydrogen-bond acceptors (Lipinski definition) is 0. The van der Waals surface area contributed by atoms with Crippen molar-refractivity contribution in [3.63, 3.8) is 0 Å². The van der Waals surface area contributed by atoms with Crippen molar-refractivity contribution in [3.8, 4) is 0 Å². The van der Waals surface area contributed by atoms with Crippen LogP contribution in [0.1, 0.15) is 45.4 Å². The molecule has 0 radical (unpaired) electrons. The fourth-order valence-electron chi connectivity index (χ4n) is 2.39. The van der Waals surface area contributed by atoms with E-state index >= 15 is 0 Å². The molecule has 0 atom stereocenters. The molecule has 0 aliphatic heterocycles. The molecule has 0 heterocycles. The first-order valence-corrected chi connectivity index (χ1v) is 5.34. The van der Waals surface area contributed by atoms with Gasteiger partial charge in [0.25, 0.3) is 0 Å². The summed E-state index contributed by atoms with van der Waals surface area (Å²) < 4.78 is 0. The Kier molecular flexibility index (Phi) is 4.03. The molecule has 0 nitrogen and oxygen atoms in total. The van der Waals surface area contributed by atoms with E-state index < -0.39 is 0 Å². The van der Waals surface area contributed by atoms with Crippen LogP contribution < -0.4 is 0 Å². The number of rotatable bonds is 3. The van der Waals surface area contributed by atoms with Crippen LogP contribution >= 0.6 is 0 Å². The molecule has 0 saturated heterocycles. The molecule has 1 rings (SSSR count). The van der Waals surface area contributed by atoms with Crippen molar-refractivity contribution in [2.45, 2.75) is 64.4 Å². The van der Waals surface area contributed by atoms with E-state index in [2.05, 4.69) is 13.7 Å². The van der Waals surface area contributed by atoms with E-state index in [0.717, 1.165) is 12.5 Å². The highest BCUT2D eigenvalue weighted by Gasteiger charge is 2.21. The van der Waals surface area contributed by atoms with Crippen LogP contribution in [0.4, 0.5) is 0 Å². The molecule has 11 heavy (non-hydrogen) atoms. The van der Waals surface area contributed by atoms with Gasteiger partial charge in [-0.15, -0.1) is 0 Å². The Morgan fingerprint density at radius 3 is 2.36 bits per heavy atom. The average molecular weight is 152 g/mol. The van der Waals surface area contributed by atoms with Gasteiger partial charge in [0.05, 0.1) is 0 Å². The predicted molar refractivity (Wildman–Crippen MR) is 53.6 cm³/mol. The minimum Gasteiger partial charge on any atom is -0.0859 e. The van der Waals surface area contributed by atoms with Gasteiger partial charge in [-0.3, -0.25) is 0 Å². The molecule has 64 valence electrons. The van der Waals surface area contributed by atoms with Crippen molar-refractivity contribution < 1.29 is 0 Å². The first-order valence-electron chi connectivity index (χ1n) is 5.34. The molecule has 0 unspecified atom stereocenters. The summed E-state index contributed by atoms with van der Waals surface area (Å²) in [6.07, 6.45) is 10.3. The number of hydrogen-bond donors (Lipinski definition) is 0. The lowest BCUT2D eigenvalue weighted by Gasteiger charge is -2.25. The minimum atomic E-state index is 1.00.